The zero-order valence-corrected chi connectivity index (χ0v) is 10.3. The standard InChI is InChI=1S/C12H14N4O3/c17-12(11-13-7-3-4-8-14-11)15-9-5-1-2-6-10(9)16(18)19/h1-2,5-6H,3-4,7-8H2,(H,13,14)(H,15,17). The molecule has 1 aromatic rings. The van der Waals surface area contributed by atoms with Crippen LogP contribution in [-0.4, -0.2) is 29.8 Å². The number of carbonyl (C=O) groups excluding carboxylic acids is 1. The smallest absolute Gasteiger partial charge is 0.292 e. The third-order valence-electron chi connectivity index (χ3n) is 2.71. The van der Waals surface area contributed by atoms with Crippen LogP contribution < -0.4 is 10.6 Å². The Morgan fingerprint density at radius 3 is 2.95 bits per heavy atom. The first-order chi connectivity index (χ1) is 9.18. The number of nitrogens with zero attached hydrogens (tertiary/aromatic N) is 2. The molecule has 2 rings (SSSR count). The number of hydrogen-bond acceptors (Lipinski definition) is 5. The Morgan fingerprint density at radius 1 is 1.37 bits per heavy atom. The summed E-state index contributed by atoms with van der Waals surface area (Å²) in [6.07, 6.45) is 1.88. The summed E-state index contributed by atoms with van der Waals surface area (Å²) < 4.78 is 0. The van der Waals surface area contributed by atoms with Crippen molar-refractivity contribution in [2.24, 2.45) is 4.99 Å². The molecule has 0 bridgehead atoms. The van der Waals surface area contributed by atoms with Crippen LogP contribution in [0.1, 0.15) is 12.8 Å². The summed E-state index contributed by atoms with van der Waals surface area (Å²) in [5.74, 6) is -0.216. The van der Waals surface area contributed by atoms with E-state index in [4.69, 9.17) is 0 Å². The highest BCUT2D eigenvalue weighted by Crippen LogP contribution is 2.22. The zero-order chi connectivity index (χ0) is 13.7. The number of aliphatic imine (C=N–C) groups is 1. The number of hydrogen-bond donors (Lipinski definition) is 2. The highest BCUT2D eigenvalue weighted by molar-refractivity contribution is 6.42. The molecule has 19 heavy (non-hydrogen) atoms. The molecule has 0 unspecified atom stereocenters. The van der Waals surface area contributed by atoms with Crippen molar-refractivity contribution < 1.29 is 9.72 Å². The summed E-state index contributed by atoms with van der Waals surface area (Å²) in [5, 5.41) is 16.3. The second-order valence-electron chi connectivity index (χ2n) is 4.09. The Labute approximate surface area is 109 Å². The first kappa shape index (κ1) is 13.0. The molecule has 1 amide bonds. The van der Waals surface area contributed by atoms with Crippen molar-refractivity contribution in [3.8, 4) is 0 Å². The number of rotatable bonds is 3. The summed E-state index contributed by atoms with van der Waals surface area (Å²) in [7, 11) is 0. The minimum absolute atomic E-state index is 0.134. The molecular weight excluding hydrogens is 248 g/mol. The van der Waals surface area contributed by atoms with Gasteiger partial charge >= 0.3 is 0 Å². The number of nitro benzene ring substituents is 1. The summed E-state index contributed by atoms with van der Waals surface area (Å²) >= 11 is 0. The summed E-state index contributed by atoms with van der Waals surface area (Å²) in [6, 6.07) is 6.02. The lowest BCUT2D eigenvalue weighted by Crippen LogP contribution is -2.35. The topological polar surface area (TPSA) is 96.6 Å². The van der Waals surface area contributed by atoms with E-state index in [0.717, 1.165) is 12.8 Å². The van der Waals surface area contributed by atoms with Crippen LogP contribution in [0.5, 0.6) is 0 Å². The van der Waals surface area contributed by atoms with Gasteiger partial charge in [0.1, 0.15) is 5.69 Å². The first-order valence-corrected chi connectivity index (χ1v) is 6.01. The van der Waals surface area contributed by atoms with Crippen LogP contribution in [0.25, 0.3) is 0 Å². The molecule has 0 radical (unpaired) electrons. The number of nitro groups is 1. The van der Waals surface area contributed by atoms with Crippen molar-refractivity contribution in [1.29, 1.82) is 0 Å². The van der Waals surface area contributed by atoms with E-state index in [1.807, 2.05) is 0 Å². The average Bonchev–Trinajstić information content (AvgIpc) is 2.68. The molecule has 0 saturated carbocycles. The number of amides is 1. The van der Waals surface area contributed by atoms with Gasteiger partial charge in [0.25, 0.3) is 11.6 Å². The fourth-order valence-electron chi connectivity index (χ4n) is 1.76. The largest absolute Gasteiger partial charge is 0.366 e. The van der Waals surface area contributed by atoms with Gasteiger partial charge in [-0.15, -0.1) is 0 Å². The lowest BCUT2D eigenvalue weighted by Gasteiger charge is -2.08. The number of anilines is 1. The van der Waals surface area contributed by atoms with Crippen LogP contribution in [-0.2, 0) is 4.79 Å². The van der Waals surface area contributed by atoms with Gasteiger partial charge in [-0.1, -0.05) is 12.1 Å². The molecule has 0 fully saturated rings. The van der Waals surface area contributed by atoms with Crippen molar-refractivity contribution in [3.05, 3.63) is 34.4 Å². The minimum atomic E-state index is -0.530. The molecule has 0 aromatic heterocycles. The molecule has 100 valence electrons. The number of nitrogens with one attached hydrogen (secondary N) is 2. The molecule has 1 aromatic carbocycles. The zero-order valence-electron chi connectivity index (χ0n) is 10.3. The van der Waals surface area contributed by atoms with Gasteiger partial charge in [-0.05, 0) is 18.9 Å². The normalized spacial score (nSPS) is 14.8. The van der Waals surface area contributed by atoms with Crippen LogP contribution in [0.2, 0.25) is 0 Å². The number of para-hydroxylation sites is 2. The van der Waals surface area contributed by atoms with Crippen LogP contribution in [0, 0.1) is 10.1 Å². The van der Waals surface area contributed by atoms with Crippen LogP contribution in [0.3, 0.4) is 0 Å². The van der Waals surface area contributed by atoms with Gasteiger partial charge in [0.05, 0.1) is 4.92 Å². The second kappa shape index (κ2) is 5.94. The predicted octanol–water partition coefficient (Wildman–Crippen LogP) is 1.32. The SMILES string of the molecule is O=C(Nc1ccccc1[N+](=O)[O-])C1=NCCCCN1. The van der Waals surface area contributed by atoms with Gasteiger partial charge in [0.15, 0.2) is 5.84 Å². The van der Waals surface area contributed by atoms with Gasteiger partial charge in [-0.25, -0.2) is 0 Å². The maximum absolute atomic E-state index is 12.0. The van der Waals surface area contributed by atoms with E-state index >= 15 is 0 Å². The maximum Gasteiger partial charge on any atom is 0.292 e. The summed E-state index contributed by atoms with van der Waals surface area (Å²) in [5.41, 5.74) is 0.0383. The van der Waals surface area contributed by atoms with E-state index in [-0.39, 0.29) is 17.2 Å². The Morgan fingerprint density at radius 2 is 2.16 bits per heavy atom. The van der Waals surface area contributed by atoms with E-state index in [1.54, 1.807) is 12.1 Å². The van der Waals surface area contributed by atoms with Crippen molar-refractivity contribution >= 4 is 23.1 Å². The number of amidine groups is 1. The van der Waals surface area contributed by atoms with Gasteiger partial charge in [0, 0.05) is 19.2 Å². The molecule has 1 aliphatic rings. The average molecular weight is 262 g/mol. The Balaban J connectivity index is 2.14. The second-order valence-corrected chi connectivity index (χ2v) is 4.09. The molecule has 1 heterocycles. The van der Waals surface area contributed by atoms with Crippen molar-refractivity contribution in [3.63, 3.8) is 0 Å². The van der Waals surface area contributed by atoms with Gasteiger partial charge < -0.3 is 10.6 Å². The fourth-order valence-corrected chi connectivity index (χ4v) is 1.76. The van der Waals surface area contributed by atoms with Gasteiger partial charge in [-0.2, -0.15) is 0 Å². The van der Waals surface area contributed by atoms with Gasteiger partial charge in [0.2, 0.25) is 0 Å². The maximum atomic E-state index is 12.0. The third-order valence-corrected chi connectivity index (χ3v) is 2.71. The molecule has 1 aliphatic heterocycles. The monoisotopic (exact) mass is 262 g/mol. The van der Waals surface area contributed by atoms with E-state index in [0.29, 0.717) is 13.1 Å². The summed E-state index contributed by atoms with van der Waals surface area (Å²) in [6.45, 7) is 1.27. The third kappa shape index (κ3) is 3.27. The Kier molecular flexibility index (Phi) is 4.07. The quantitative estimate of drug-likeness (QED) is 0.634. The van der Waals surface area contributed by atoms with Gasteiger partial charge in [-0.3, -0.25) is 19.9 Å². The van der Waals surface area contributed by atoms with E-state index in [2.05, 4.69) is 15.6 Å². The first-order valence-electron chi connectivity index (χ1n) is 6.01. The van der Waals surface area contributed by atoms with Crippen LogP contribution in [0.4, 0.5) is 11.4 Å². The molecular formula is C12H14N4O3. The highest BCUT2D eigenvalue weighted by atomic mass is 16.6. The fraction of sp³-hybridized carbons (Fsp3) is 0.333. The minimum Gasteiger partial charge on any atom is -0.366 e. The lowest BCUT2D eigenvalue weighted by atomic mass is 10.2. The Hall–Kier alpha value is -2.44. The van der Waals surface area contributed by atoms with E-state index in [9.17, 15) is 14.9 Å². The molecule has 7 nitrogen and oxygen atoms in total. The van der Waals surface area contributed by atoms with Crippen LogP contribution in [0.15, 0.2) is 29.3 Å². The predicted molar refractivity (Wildman–Crippen MR) is 71.3 cm³/mol. The Bertz CT molecular complexity index is 527. The van der Waals surface area contributed by atoms with E-state index in [1.165, 1.54) is 12.1 Å². The molecule has 2 N–H and O–H groups in total. The molecule has 0 spiro atoms. The molecule has 7 heteroatoms. The van der Waals surface area contributed by atoms with Crippen LogP contribution >= 0.6 is 0 Å². The van der Waals surface area contributed by atoms with Crippen molar-refractivity contribution in [2.45, 2.75) is 12.8 Å². The number of carbonyl (C=O) groups is 1. The number of benzene rings is 1. The van der Waals surface area contributed by atoms with Crippen molar-refractivity contribution in [2.75, 3.05) is 18.4 Å². The highest BCUT2D eigenvalue weighted by Gasteiger charge is 2.18. The summed E-state index contributed by atoms with van der Waals surface area (Å²) in [4.78, 5) is 26.4. The van der Waals surface area contributed by atoms with E-state index < -0.39 is 10.8 Å². The lowest BCUT2D eigenvalue weighted by molar-refractivity contribution is -0.383. The molecule has 0 atom stereocenters. The van der Waals surface area contributed by atoms with Crippen molar-refractivity contribution in [1.82, 2.24) is 5.32 Å². The molecule has 0 aliphatic carbocycles. The molecule has 0 saturated heterocycles.